The summed E-state index contributed by atoms with van der Waals surface area (Å²) in [6.07, 6.45) is 5.55. The molecule has 3 aromatic heterocycles. The second-order valence-electron chi connectivity index (χ2n) is 5.91. The Bertz CT molecular complexity index is 870. The number of hydrogen-bond acceptors (Lipinski definition) is 5. The van der Waals surface area contributed by atoms with Crippen LogP contribution in [0.15, 0.2) is 36.0 Å². The molecular weight excluding hydrogens is 322 g/mol. The number of aromatic nitrogens is 4. The maximum atomic E-state index is 12.5. The third kappa shape index (κ3) is 2.94. The number of hydrogen-bond donors (Lipinski definition) is 1. The van der Waals surface area contributed by atoms with E-state index in [1.54, 1.807) is 11.6 Å². The number of carbonyl (C=O) groups excluding carboxylic acids is 1. The molecule has 4 heterocycles. The smallest absolute Gasteiger partial charge is 0.271 e. The highest BCUT2D eigenvalue weighted by atomic mass is 32.1. The lowest BCUT2D eigenvalue weighted by atomic mass is 10.1. The van der Waals surface area contributed by atoms with E-state index in [9.17, 15) is 4.79 Å². The number of nitrogens with one attached hydrogen (secondary N) is 1. The van der Waals surface area contributed by atoms with Crippen LogP contribution in [0.3, 0.4) is 0 Å². The molecule has 0 spiro atoms. The van der Waals surface area contributed by atoms with Crippen molar-refractivity contribution in [2.24, 2.45) is 0 Å². The molecule has 0 fully saturated rings. The van der Waals surface area contributed by atoms with E-state index in [0.29, 0.717) is 5.69 Å². The number of imidazole rings is 1. The van der Waals surface area contributed by atoms with Crippen molar-refractivity contribution in [2.75, 3.05) is 0 Å². The van der Waals surface area contributed by atoms with Gasteiger partial charge in [0, 0.05) is 36.8 Å². The first kappa shape index (κ1) is 15.0. The Hall–Kier alpha value is -2.54. The lowest BCUT2D eigenvalue weighted by Gasteiger charge is -2.24. The minimum Gasteiger partial charge on any atom is -0.346 e. The van der Waals surface area contributed by atoms with E-state index in [0.717, 1.165) is 41.6 Å². The molecule has 0 saturated carbocycles. The van der Waals surface area contributed by atoms with Crippen LogP contribution >= 0.6 is 11.3 Å². The molecule has 4 rings (SSSR count). The fourth-order valence-corrected chi connectivity index (χ4v) is 3.72. The molecule has 1 aliphatic rings. The van der Waals surface area contributed by atoms with Crippen LogP contribution in [0.5, 0.6) is 0 Å². The third-order valence-corrected chi connectivity index (χ3v) is 4.93. The average molecular weight is 339 g/mol. The minimum absolute atomic E-state index is 0.110. The van der Waals surface area contributed by atoms with Crippen molar-refractivity contribution in [3.05, 3.63) is 53.2 Å². The summed E-state index contributed by atoms with van der Waals surface area (Å²) in [6, 6.07) is 5.78. The largest absolute Gasteiger partial charge is 0.346 e. The topological polar surface area (TPSA) is 72.7 Å². The number of fused-ring (bicyclic) bond motifs is 1. The SMILES string of the molecule is Cc1cn2c(n1)CC[C@H](NC(=O)c1csc(-c3ccccn3)n1)C2. The number of pyridine rings is 1. The van der Waals surface area contributed by atoms with Crippen LogP contribution < -0.4 is 5.32 Å². The highest BCUT2D eigenvalue weighted by Crippen LogP contribution is 2.22. The highest BCUT2D eigenvalue weighted by molar-refractivity contribution is 7.13. The Balaban J connectivity index is 1.45. The van der Waals surface area contributed by atoms with E-state index in [2.05, 4.69) is 24.8 Å². The van der Waals surface area contributed by atoms with E-state index in [4.69, 9.17) is 0 Å². The van der Waals surface area contributed by atoms with Gasteiger partial charge in [0.2, 0.25) is 0 Å². The van der Waals surface area contributed by atoms with E-state index >= 15 is 0 Å². The van der Waals surface area contributed by atoms with Crippen LogP contribution in [0.2, 0.25) is 0 Å². The number of carbonyl (C=O) groups is 1. The molecule has 3 aromatic rings. The molecule has 0 unspecified atom stereocenters. The summed E-state index contributed by atoms with van der Waals surface area (Å²) in [6.45, 7) is 2.76. The number of amides is 1. The maximum Gasteiger partial charge on any atom is 0.271 e. The summed E-state index contributed by atoms with van der Waals surface area (Å²) in [5.41, 5.74) is 2.27. The fraction of sp³-hybridized carbons (Fsp3) is 0.294. The Morgan fingerprint density at radius 2 is 2.29 bits per heavy atom. The van der Waals surface area contributed by atoms with Crippen molar-refractivity contribution in [3.8, 4) is 10.7 Å². The van der Waals surface area contributed by atoms with E-state index in [1.165, 1.54) is 11.3 Å². The van der Waals surface area contributed by atoms with E-state index in [-0.39, 0.29) is 11.9 Å². The minimum atomic E-state index is -0.126. The molecule has 0 aromatic carbocycles. The van der Waals surface area contributed by atoms with E-state index < -0.39 is 0 Å². The molecule has 7 heteroatoms. The quantitative estimate of drug-likeness (QED) is 0.795. The third-order valence-electron chi connectivity index (χ3n) is 4.07. The Morgan fingerprint density at radius 3 is 3.12 bits per heavy atom. The van der Waals surface area contributed by atoms with Crippen molar-refractivity contribution < 1.29 is 4.79 Å². The van der Waals surface area contributed by atoms with E-state index in [1.807, 2.05) is 31.3 Å². The van der Waals surface area contributed by atoms with Gasteiger partial charge in [0.1, 0.15) is 16.5 Å². The predicted octanol–water partition coefficient (Wildman–Crippen LogP) is 2.45. The van der Waals surface area contributed by atoms with Gasteiger partial charge < -0.3 is 9.88 Å². The molecule has 1 amide bonds. The van der Waals surface area contributed by atoms with Crippen LogP contribution in [0.25, 0.3) is 10.7 Å². The molecule has 24 heavy (non-hydrogen) atoms. The van der Waals surface area contributed by atoms with Crippen LogP contribution in [0, 0.1) is 6.92 Å². The summed E-state index contributed by atoms with van der Waals surface area (Å²) in [4.78, 5) is 25.6. The van der Waals surface area contributed by atoms with Gasteiger partial charge in [0.25, 0.3) is 5.91 Å². The normalized spacial score (nSPS) is 16.6. The second-order valence-corrected chi connectivity index (χ2v) is 6.77. The second kappa shape index (κ2) is 6.16. The molecule has 1 atom stereocenters. The average Bonchev–Trinajstić information content (AvgIpc) is 3.21. The van der Waals surface area contributed by atoms with Gasteiger partial charge in [-0.1, -0.05) is 6.07 Å². The molecule has 1 N–H and O–H groups in total. The van der Waals surface area contributed by atoms with Gasteiger partial charge in [0.15, 0.2) is 0 Å². The van der Waals surface area contributed by atoms with Crippen molar-refractivity contribution in [3.63, 3.8) is 0 Å². The molecule has 1 aliphatic heterocycles. The molecule has 122 valence electrons. The van der Waals surface area contributed by atoms with Gasteiger partial charge in [-0.15, -0.1) is 11.3 Å². The molecule has 6 nitrogen and oxygen atoms in total. The summed E-state index contributed by atoms with van der Waals surface area (Å²) in [5.74, 6) is 0.975. The van der Waals surface area contributed by atoms with Crippen LogP contribution in [0.1, 0.15) is 28.4 Å². The molecular formula is C17H17N5OS. The lowest BCUT2D eigenvalue weighted by Crippen LogP contribution is -2.41. The molecule has 0 bridgehead atoms. The van der Waals surface area contributed by atoms with Gasteiger partial charge in [0.05, 0.1) is 11.4 Å². The Morgan fingerprint density at radius 1 is 1.38 bits per heavy atom. The first-order chi connectivity index (χ1) is 11.7. The lowest BCUT2D eigenvalue weighted by molar-refractivity contribution is 0.0923. The first-order valence-electron chi connectivity index (χ1n) is 7.89. The summed E-state index contributed by atoms with van der Waals surface area (Å²) in [7, 11) is 0. The monoisotopic (exact) mass is 339 g/mol. The van der Waals surface area contributed by atoms with Crippen LogP contribution in [0.4, 0.5) is 0 Å². The van der Waals surface area contributed by atoms with Crippen molar-refractivity contribution >= 4 is 17.2 Å². The molecule has 0 aliphatic carbocycles. The summed E-state index contributed by atoms with van der Waals surface area (Å²) < 4.78 is 2.13. The number of thiazole rings is 1. The highest BCUT2D eigenvalue weighted by Gasteiger charge is 2.22. The van der Waals surface area contributed by atoms with Crippen LogP contribution in [-0.4, -0.2) is 31.5 Å². The number of rotatable bonds is 3. The van der Waals surface area contributed by atoms with Crippen molar-refractivity contribution in [2.45, 2.75) is 32.4 Å². The standard InChI is InChI=1S/C17H17N5OS/c1-11-8-22-9-12(5-6-15(22)19-11)20-16(23)14-10-24-17(21-14)13-4-2-3-7-18-13/h2-4,7-8,10,12H,5-6,9H2,1H3,(H,20,23)/t12-/m0/s1. The van der Waals surface area contributed by atoms with Gasteiger partial charge in [-0.2, -0.15) is 0 Å². The summed E-state index contributed by atoms with van der Waals surface area (Å²) in [5, 5.41) is 5.63. The number of aryl methyl sites for hydroxylation is 2. The molecule has 0 saturated heterocycles. The Kier molecular flexibility index (Phi) is 3.86. The first-order valence-corrected chi connectivity index (χ1v) is 8.77. The fourth-order valence-electron chi connectivity index (χ4n) is 2.95. The maximum absolute atomic E-state index is 12.5. The van der Waals surface area contributed by atoms with Crippen molar-refractivity contribution in [1.82, 2.24) is 24.8 Å². The van der Waals surface area contributed by atoms with Crippen LogP contribution in [-0.2, 0) is 13.0 Å². The molecule has 0 radical (unpaired) electrons. The Labute approximate surface area is 143 Å². The van der Waals surface area contributed by atoms with Gasteiger partial charge in [-0.05, 0) is 25.5 Å². The van der Waals surface area contributed by atoms with Crippen molar-refractivity contribution in [1.29, 1.82) is 0 Å². The zero-order valence-corrected chi connectivity index (χ0v) is 14.1. The summed E-state index contributed by atoms with van der Waals surface area (Å²) >= 11 is 1.44. The zero-order valence-electron chi connectivity index (χ0n) is 13.3. The predicted molar refractivity (Wildman–Crippen MR) is 91.9 cm³/mol. The van der Waals surface area contributed by atoms with Gasteiger partial charge >= 0.3 is 0 Å². The zero-order chi connectivity index (χ0) is 16.5. The van der Waals surface area contributed by atoms with Gasteiger partial charge in [-0.25, -0.2) is 9.97 Å². The van der Waals surface area contributed by atoms with Gasteiger partial charge in [-0.3, -0.25) is 9.78 Å². The number of nitrogens with zero attached hydrogens (tertiary/aromatic N) is 4.